The van der Waals surface area contributed by atoms with Crippen LogP contribution in [0.4, 0.5) is 11.4 Å². The minimum absolute atomic E-state index is 0.107. The van der Waals surface area contributed by atoms with E-state index in [-0.39, 0.29) is 23.8 Å². The molecule has 7 heteroatoms. The monoisotopic (exact) mass is 493 g/mol. The Kier molecular flexibility index (Phi) is 4.10. The number of carbonyl (C=O) groups is 3. The third-order valence-corrected chi connectivity index (χ3v) is 8.68. The lowest BCUT2D eigenvalue weighted by Gasteiger charge is -2.36. The first-order chi connectivity index (χ1) is 15.3. The maximum absolute atomic E-state index is 14.0. The van der Waals surface area contributed by atoms with Gasteiger partial charge in [0.25, 0.3) is 0 Å². The first kappa shape index (κ1) is 20.1. The summed E-state index contributed by atoms with van der Waals surface area (Å²) in [6.07, 6.45) is 1.73. The van der Waals surface area contributed by atoms with E-state index < -0.39 is 17.4 Å². The zero-order chi connectivity index (χ0) is 22.5. The third kappa shape index (κ3) is 2.21. The summed E-state index contributed by atoms with van der Waals surface area (Å²) in [7, 11) is 0. The number of hydrogen-bond acceptors (Lipinski definition) is 4. The van der Waals surface area contributed by atoms with Crippen LogP contribution in [0.2, 0.25) is 0 Å². The van der Waals surface area contributed by atoms with Crippen molar-refractivity contribution < 1.29 is 14.4 Å². The molecule has 4 heterocycles. The predicted molar refractivity (Wildman–Crippen MR) is 124 cm³/mol. The van der Waals surface area contributed by atoms with Crippen LogP contribution < -0.4 is 10.2 Å². The number of rotatable bonds is 1. The summed E-state index contributed by atoms with van der Waals surface area (Å²) in [6.45, 7) is 6.70. The fraction of sp³-hybridized carbons (Fsp3) is 0.400. The normalized spacial score (nSPS) is 30.8. The molecule has 2 aromatic rings. The summed E-state index contributed by atoms with van der Waals surface area (Å²) in [6, 6.07) is 9.51. The van der Waals surface area contributed by atoms with E-state index >= 15 is 0 Å². The molecule has 4 aliphatic rings. The molecule has 0 aliphatic carbocycles. The minimum Gasteiger partial charge on any atom is -0.324 e. The lowest BCUT2D eigenvalue weighted by atomic mass is 9.75. The smallest absolute Gasteiger partial charge is 0.250 e. The predicted octanol–water partition coefficient (Wildman–Crippen LogP) is 3.81. The van der Waals surface area contributed by atoms with Gasteiger partial charge in [-0.15, -0.1) is 0 Å². The number of imide groups is 1. The van der Waals surface area contributed by atoms with Gasteiger partial charge in [0.1, 0.15) is 5.54 Å². The molecular weight excluding hydrogens is 470 g/mol. The van der Waals surface area contributed by atoms with Gasteiger partial charge < -0.3 is 5.32 Å². The zero-order valence-electron chi connectivity index (χ0n) is 18.2. The van der Waals surface area contributed by atoms with Crippen LogP contribution in [0.25, 0.3) is 0 Å². The van der Waals surface area contributed by atoms with Gasteiger partial charge in [-0.25, -0.2) is 4.90 Å². The van der Waals surface area contributed by atoms with E-state index in [4.69, 9.17) is 0 Å². The molecule has 0 saturated carbocycles. The number of fused-ring (bicyclic) bond motifs is 7. The van der Waals surface area contributed by atoms with E-state index in [9.17, 15) is 14.4 Å². The van der Waals surface area contributed by atoms with Crippen molar-refractivity contribution >= 4 is 45.0 Å². The second kappa shape index (κ2) is 6.51. The van der Waals surface area contributed by atoms with Crippen molar-refractivity contribution in [3.8, 4) is 0 Å². The Bertz CT molecular complexity index is 1240. The van der Waals surface area contributed by atoms with E-state index in [1.165, 1.54) is 4.90 Å². The molecule has 4 atom stereocenters. The Morgan fingerprint density at radius 2 is 1.84 bits per heavy atom. The molecule has 2 aromatic carbocycles. The van der Waals surface area contributed by atoms with Gasteiger partial charge in [0.15, 0.2) is 0 Å². The molecule has 4 aliphatic heterocycles. The van der Waals surface area contributed by atoms with Gasteiger partial charge in [-0.1, -0.05) is 18.2 Å². The average molecular weight is 494 g/mol. The highest BCUT2D eigenvalue weighted by Crippen LogP contribution is 2.61. The van der Waals surface area contributed by atoms with Crippen LogP contribution in [0.1, 0.15) is 35.1 Å². The van der Waals surface area contributed by atoms with Crippen molar-refractivity contribution in [1.29, 1.82) is 0 Å². The van der Waals surface area contributed by atoms with E-state index in [1.54, 1.807) is 0 Å². The summed E-state index contributed by atoms with van der Waals surface area (Å²) in [4.78, 5) is 45.0. The van der Waals surface area contributed by atoms with Gasteiger partial charge in [0.05, 0.1) is 17.5 Å². The van der Waals surface area contributed by atoms with Gasteiger partial charge in [-0.3, -0.25) is 19.3 Å². The SMILES string of the molecule is Cc1ccc(N2C(=O)[C@H]3[C@H]4CCCN4[C@]4(C(=O)Nc5c4ccc(C)c5C)[C@@H]3C2=O)c(Br)c1. The molecule has 0 radical (unpaired) electrons. The fourth-order valence-electron chi connectivity index (χ4n) is 6.55. The van der Waals surface area contributed by atoms with Crippen molar-refractivity contribution in [2.45, 2.75) is 45.2 Å². The molecule has 32 heavy (non-hydrogen) atoms. The highest BCUT2D eigenvalue weighted by atomic mass is 79.9. The third-order valence-electron chi connectivity index (χ3n) is 8.04. The van der Waals surface area contributed by atoms with Gasteiger partial charge in [0, 0.05) is 21.8 Å². The number of benzene rings is 2. The Morgan fingerprint density at radius 3 is 2.59 bits per heavy atom. The zero-order valence-corrected chi connectivity index (χ0v) is 19.8. The van der Waals surface area contributed by atoms with Crippen LogP contribution in [0.15, 0.2) is 34.8 Å². The van der Waals surface area contributed by atoms with E-state index in [2.05, 4.69) is 26.1 Å². The van der Waals surface area contributed by atoms with E-state index in [0.29, 0.717) is 16.7 Å². The van der Waals surface area contributed by atoms with Gasteiger partial charge >= 0.3 is 0 Å². The molecule has 1 N–H and O–H groups in total. The van der Waals surface area contributed by atoms with Gasteiger partial charge in [-0.05, 0) is 84.9 Å². The Balaban J connectivity index is 1.57. The van der Waals surface area contributed by atoms with Crippen LogP contribution >= 0.6 is 15.9 Å². The Morgan fingerprint density at radius 1 is 1.06 bits per heavy atom. The lowest BCUT2D eigenvalue weighted by Crippen LogP contribution is -2.54. The number of nitrogens with zero attached hydrogens (tertiary/aromatic N) is 2. The Hall–Kier alpha value is -2.51. The van der Waals surface area contributed by atoms with Crippen molar-refractivity contribution in [2.24, 2.45) is 11.8 Å². The topological polar surface area (TPSA) is 69.7 Å². The number of anilines is 2. The molecule has 3 saturated heterocycles. The van der Waals surface area contributed by atoms with Crippen molar-refractivity contribution in [1.82, 2.24) is 4.90 Å². The van der Waals surface area contributed by atoms with Crippen molar-refractivity contribution in [3.05, 3.63) is 57.1 Å². The molecule has 164 valence electrons. The number of aryl methyl sites for hydroxylation is 2. The van der Waals surface area contributed by atoms with Crippen LogP contribution in [0.5, 0.6) is 0 Å². The number of halogens is 1. The second-order valence-corrected chi connectivity index (χ2v) is 10.4. The van der Waals surface area contributed by atoms with Crippen LogP contribution in [-0.2, 0) is 19.9 Å². The summed E-state index contributed by atoms with van der Waals surface area (Å²) in [5.41, 5.74) is 4.21. The molecule has 3 amide bonds. The molecule has 6 nitrogen and oxygen atoms in total. The maximum atomic E-state index is 14.0. The van der Waals surface area contributed by atoms with Crippen molar-refractivity contribution in [3.63, 3.8) is 0 Å². The number of hydrogen-bond donors (Lipinski definition) is 1. The van der Waals surface area contributed by atoms with Gasteiger partial charge in [0.2, 0.25) is 17.7 Å². The fourth-order valence-corrected chi connectivity index (χ4v) is 7.22. The lowest BCUT2D eigenvalue weighted by molar-refractivity contribution is -0.135. The average Bonchev–Trinajstić information content (AvgIpc) is 3.45. The molecular formula is C25H24BrN3O3. The van der Waals surface area contributed by atoms with Crippen LogP contribution in [0.3, 0.4) is 0 Å². The quantitative estimate of drug-likeness (QED) is 0.613. The largest absolute Gasteiger partial charge is 0.324 e. The number of nitrogens with one attached hydrogen (secondary N) is 1. The molecule has 0 bridgehead atoms. The van der Waals surface area contributed by atoms with Crippen LogP contribution in [-0.4, -0.2) is 35.2 Å². The second-order valence-electron chi connectivity index (χ2n) is 9.52. The molecule has 1 spiro atoms. The first-order valence-corrected chi connectivity index (χ1v) is 11.9. The summed E-state index contributed by atoms with van der Waals surface area (Å²) in [5.74, 6) is -1.89. The molecule has 3 fully saturated rings. The highest BCUT2D eigenvalue weighted by Gasteiger charge is 2.74. The van der Waals surface area contributed by atoms with E-state index in [0.717, 1.165) is 40.8 Å². The first-order valence-electron chi connectivity index (χ1n) is 11.1. The summed E-state index contributed by atoms with van der Waals surface area (Å²) in [5, 5.41) is 3.10. The van der Waals surface area contributed by atoms with Crippen molar-refractivity contribution in [2.75, 3.05) is 16.8 Å². The molecule has 6 rings (SSSR count). The molecule has 0 unspecified atom stereocenters. The Labute approximate surface area is 195 Å². The summed E-state index contributed by atoms with van der Waals surface area (Å²) < 4.78 is 0.708. The van der Waals surface area contributed by atoms with E-state index in [1.807, 2.05) is 51.1 Å². The maximum Gasteiger partial charge on any atom is 0.250 e. The van der Waals surface area contributed by atoms with Crippen LogP contribution in [0, 0.1) is 32.6 Å². The van der Waals surface area contributed by atoms with Gasteiger partial charge in [-0.2, -0.15) is 0 Å². The highest BCUT2D eigenvalue weighted by molar-refractivity contribution is 9.10. The minimum atomic E-state index is -1.13. The standard InChI is InChI=1S/C25H24BrN3O3/c1-12-6-9-17(16(26)11-12)29-22(30)19-18-5-4-10-28(18)25(20(19)23(29)31)15-8-7-13(2)14(3)21(15)27-24(25)32/h6-9,11,18-20H,4-5,10H2,1-3H3,(H,27,32)/t18-,19+,20+,25+/m1/s1. The number of amides is 3. The number of carbonyl (C=O) groups excluding carboxylic acids is 3. The molecule has 0 aromatic heterocycles. The summed E-state index contributed by atoms with van der Waals surface area (Å²) >= 11 is 3.54.